The quantitative estimate of drug-likeness (QED) is 0.446. The van der Waals surface area contributed by atoms with E-state index in [9.17, 15) is 8.42 Å². The molecule has 0 atom stereocenters. The Kier molecular flexibility index (Phi) is 9.55. The van der Waals surface area contributed by atoms with Crippen molar-refractivity contribution in [3.63, 3.8) is 0 Å². The summed E-state index contributed by atoms with van der Waals surface area (Å²) >= 11 is 0. The molecule has 0 N–H and O–H groups in total. The van der Waals surface area contributed by atoms with Gasteiger partial charge in [0.15, 0.2) is 0 Å². The molecule has 0 aromatic heterocycles. The van der Waals surface area contributed by atoms with Crippen molar-refractivity contribution in [1.29, 1.82) is 0 Å². The second-order valence-electron chi connectivity index (χ2n) is 3.62. The Morgan fingerprint density at radius 3 is 2.13 bits per heavy atom. The number of hydrogen-bond acceptors (Lipinski definition) is 3. The van der Waals surface area contributed by atoms with E-state index in [1.165, 1.54) is 12.8 Å². The van der Waals surface area contributed by atoms with Gasteiger partial charge in [-0.1, -0.05) is 26.2 Å². The van der Waals surface area contributed by atoms with Gasteiger partial charge in [0, 0.05) is 23.9 Å². The summed E-state index contributed by atoms with van der Waals surface area (Å²) in [5, 5.41) is 0. The molecule has 0 aliphatic heterocycles. The Morgan fingerprint density at radius 2 is 1.60 bits per heavy atom. The molecule has 0 saturated heterocycles. The fraction of sp³-hybridized carbons (Fsp3) is 1.00. The minimum Gasteiger partial charge on any atom is -0.381 e. The van der Waals surface area contributed by atoms with E-state index in [0.717, 1.165) is 32.5 Å². The Bertz CT molecular complexity index is 227. The molecular weight excluding hydrogens is 236 g/mol. The molecule has 0 amide bonds. The predicted molar refractivity (Wildman–Crippen MR) is 63.8 cm³/mol. The van der Waals surface area contributed by atoms with E-state index in [1.54, 1.807) is 0 Å². The van der Waals surface area contributed by atoms with Gasteiger partial charge < -0.3 is 4.74 Å². The van der Waals surface area contributed by atoms with E-state index < -0.39 is 9.05 Å². The molecule has 15 heavy (non-hydrogen) atoms. The highest BCUT2D eigenvalue weighted by Crippen LogP contribution is 2.04. The zero-order valence-electron chi connectivity index (χ0n) is 9.37. The van der Waals surface area contributed by atoms with Gasteiger partial charge in [0.1, 0.15) is 0 Å². The molecule has 0 heterocycles. The molecule has 0 bridgehead atoms. The van der Waals surface area contributed by atoms with Gasteiger partial charge in [-0.05, 0) is 19.3 Å². The van der Waals surface area contributed by atoms with Crippen molar-refractivity contribution in [2.45, 2.75) is 45.4 Å². The minimum atomic E-state index is -3.30. The van der Waals surface area contributed by atoms with Crippen LogP contribution in [0.4, 0.5) is 0 Å². The predicted octanol–water partition coefficient (Wildman–Crippen LogP) is 2.93. The Hall–Kier alpha value is 0.200. The van der Waals surface area contributed by atoms with Crippen LogP contribution in [-0.4, -0.2) is 27.4 Å². The van der Waals surface area contributed by atoms with Crippen molar-refractivity contribution >= 4 is 19.7 Å². The normalized spacial score (nSPS) is 11.9. The standard InChI is InChI=1S/C10H21ClO3S/c1-2-3-5-8-14-9-6-4-7-10-15(11,12)13/h2-10H2,1H3. The lowest BCUT2D eigenvalue weighted by atomic mass is 10.2. The third-order valence-electron chi connectivity index (χ3n) is 2.07. The Balaban J connectivity index is 3.06. The highest BCUT2D eigenvalue weighted by molar-refractivity contribution is 8.13. The molecule has 0 spiro atoms. The van der Waals surface area contributed by atoms with Crippen LogP contribution in [-0.2, 0) is 13.8 Å². The molecule has 3 nitrogen and oxygen atoms in total. The molecule has 0 unspecified atom stereocenters. The lowest BCUT2D eigenvalue weighted by molar-refractivity contribution is 0.126. The van der Waals surface area contributed by atoms with Crippen LogP contribution in [0.2, 0.25) is 0 Å². The molecular formula is C10H21ClO3S. The average Bonchev–Trinajstić information content (AvgIpc) is 2.14. The summed E-state index contributed by atoms with van der Waals surface area (Å²) in [5.41, 5.74) is 0. The zero-order valence-corrected chi connectivity index (χ0v) is 10.9. The monoisotopic (exact) mass is 256 g/mol. The van der Waals surface area contributed by atoms with E-state index >= 15 is 0 Å². The van der Waals surface area contributed by atoms with Gasteiger partial charge in [0.05, 0.1) is 5.75 Å². The van der Waals surface area contributed by atoms with Gasteiger partial charge in [-0.25, -0.2) is 8.42 Å². The fourth-order valence-corrected chi connectivity index (χ4v) is 2.09. The molecule has 0 aliphatic carbocycles. The largest absolute Gasteiger partial charge is 0.381 e. The molecule has 0 radical (unpaired) electrons. The van der Waals surface area contributed by atoms with E-state index in [-0.39, 0.29) is 5.75 Å². The smallest absolute Gasteiger partial charge is 0.232 e. The minimum absolute atomic E-state index is 0.0738. The maximum atomic E-state index is 10.6. The van der Waals surface area contributed by atoms with E-state index in [1.807, 2.05) is 0 Å². The third-order valence-corrected chi connectivity index (χ3v) is 3.31. The van der Waals surface area contributed by atoms with Crippen molar-refractivity contribution in [2.75, 3.05) is 19.0 Å². The van der Waals surface area contributed by atoms with Crippen molar-refractivity contribution < 1.29 is 13.2 Å². The van der Waals surface area contributed by atoms with Crippen molar-refractivity contribution in [3.8, 4) is 0 Å². The lowest BCUT2D eigenvalue weighted by Crippen LogP contribution is -2.00. The SMILES string of the molecule is CCCCCOCCCCCS(=O)(=O)Cl. The number of halogens is 1. The highest BCUT2D eigenvalue weighted by atomic mass is 35.7. The maximum absolute atomic E-state index is 10.6. The first-order valence-electron chi connectivity index (χ1n) is 5.56. The number of rotatable bonds is 10. The first-order chi connectivity index (χ1) is 7.06. The van der Waals surface area contributed by atoms with Gasteiger partial charge in [0.25, 0.3) is 0 Å². The van der Waals surface area contributed by atoms with Gasteiger partial charge in [0.2, 0.25) is 9.05 Å². The van der Waals surface area contributed by atoms with Crippen LogP contribution in [0.1, 0.15) is 45.4 Å². The molecule has 0 aromatic rings. The first-order valence-corrected chi connectivity index (χ1v) is 8.04. The van der Waals surface area contributed by atoms with E-state index in [0.29, 0.717) is 6.42 Å². The summed E-state index contributed by atoms with van der Waals surface area (Å²) < 4.78 is 26.5. The molecule has 0 aliphatic rings. The number of hydrogen-bond donors (Lipinski definition) is 0. The summed E-state index contributed by atoms with van der Waals surface area (Å²) in [5.74, 6) is 0.0738. The van der Waals surface area contributed by atoms with Crippen LogP contribution in [0.3, 0.4) is 0 Å². The van der Waals surface area contributed by atoms with Crippen molar-refractivity contribution in [1.82, 2.24) is 0 Å². The Morgan fingerprint density at radius 1 is 1.00 bits per heavy atom. The maximum Gasteiger partial charge on any atom is 0.232 e. The molecule has 0 rings (SSSR count). The average molecular weight is 257 g/mol. The molecule has 92 valence electrons. The zero-order chi connectivity index (χ0) is 11.6. The van der Waals surface area contributed by atoms with E-state index in [2.05, 4.69) is 6.92 Å². The van der Waals surface area contributed by atoms with Crippen LogP contribution in [0.25, 0.3) is 0 Å². The second-order valence-corrected chi connectivity index (χ2v) is 6.52. The van der Waals surface area contributed by atoms with Gasteiger partial charge in [-0.15, -0.1) is 0 Å². The number of ether oxygens (including phenoxy) is 1. The fourth-order valence-electron chi connectivity index (χ4n) is 1.21. The molecule has 5 heteroatoms. The van der Waals surface area contributed by atoms with Gasteiger partial charge in [-0.3, -0.25) is 0 Å². The van der Waals surface area contributed by atoms with Crippen molar-refractivity contribution in [2.24, 2.45) is 0 Å². The number of unbranched alkanes of at least 4 members (excludes halogenated alkanes) is 4. The van der Waals surface area contributed by atoms with Gasteiger partial charge in [-0.2, -0.15) is 0 Å². The molecule has 0 saturated carbocycles. The third kappa shape index (κ3) is 14.2. The Labute approximate surface area is 97.6 Å². The summed E-state index contributed by atoms with van der Waals surface area (Å²) in [6.07, 6.45) is 5.94. The van der Waals surface area contributed by atoms with Crippen LogP contribution < -0.4 is 0 Å². The highest BCUT2D eigenvalue weighted by Gasteiger charge is 2.03. The first kappa shape index (κ1) is 15.2. The van der Waals surface area contributed by atoms with Crippen molar-refractivity contribution in [3.05, 3.63) is 0 Å². The van der Waals surface area contributed by atoms with Crippen LogP contribution in [0, 0.1) is 0 Å². The van der Waals surface area contributed by atoms with E-state index in [4.69, 9.17) is 15.4 Å². The summed E-state index contributed by atoms with van der Waals surface area (Å²) in [6.45, 7) is 3.71. The van der Waals surface area contributed by atoms with Gasteiger partial charge >= 0.3 is 0 Å². The lowest BCUT2D eigenvalue weighted by Gasteiger charge is -2.03. The summed E-state index contributed by atoms with van der Waals surface area (Å²) in [6, 6.07) is 0. The summed E-state index contributed by atoms with van der Waals surface area (Å²) in [7, 11) is 1.77. The topological polar surface area (TPSA) is 43.4 Å². The van der Waals surface area contributed by atoms with Crippen LogP contribution in [0.5, 0.6) is 0 Å². The second kappa shape index (κ2) is 9.43. The summed E-state index contributed by atoms with van der Waals surface area (Å²) in [4.78, 5) is 0. The molecule has 0 fully saturated rings. The molecule has 0 aromatic carbocycles. The van der Waals surface area contributed by atoms with Crippen LogP contribution in [0.15, 0.2) is 0 Å². The van der Waals surface area contributed by atoms with Crippen LogP contribution >= 0.6 is 10.7 Å².